The zero-order chi connectivity index (χ0) is 20.4. The van der Waals surface area contributed by atoms with E-state index in [-0.39, 0.29) is 0 Å². The minimum atomic E-state index is 0.332. The Morgan fingerprint density at radius 3 is 2.97 bits per heavy atom. The second kappa shape index (κ2) is 8.02. The lowest BCUT2D eigenvalue weighted by Gasteiger charge is -2.11. The number of nitrogens with one attached hydrogen (secondary N) is 1. The second-order valence-electron chi connectivity index (χ2n) is 6.88. The van der Waals surface area contributed by atoms with Crippen LogP contribution >= 0.6 is 11.8 Å². The van der Waals surface area contributed by atoms with Crippen molar-refractivity contribution in [2.45, 2.75) is 30.4 Å². The van der Waals surface area contributed by atoms with Gasteiger partial charge in [-0.3, -0.25) is 0 Å². The van der Waals surface area contributed by atoms with Crippen LogP contribution in [0.15, 0.2) is 33.0 Å². The maximum atomic E-state index is 9.41. The molecule has 148 valence electrons. The minimum Gasteiger partial charge on any atom is -0.382 e. The van der Waals surface area contributed by atoms with Crippen molar-refractivity contribution in [1.82, 2.24) is 35.2 Å². The Kier molecular flexibility index (Phi) is 5.28. The molecule has 0 aliphatic heterocycles. The van der Waals surface area contributed by atoms with Crippen molar-refractivity contribution in [3.05, 3.63) is 24.0 Å². The summed E-state index contributed by atoms with van der Waals surface area (Å²) in [5.74, 6) is 0.895. The van der Waals surface area contributed by atoms with E-state index in [1.54, 1.807) is 12.1 Å². The van der Waals surface area contributed by atoms with Crippen molar-refractivity contribution in [2.24, 2.45) is 5.92 Å². The van der Waals surface area contributed by atoms with Gasteiger partial charge in [0.1, 0.15) is 12.4 Å². The molecule has 0 spiro atoms. The van der Waals surface area contributed by atoms with E-state index < -0.39 is 0 Å². The Balaban J connectivity index is 1.70. The number of anilines is 1. The third kappa shape index (κ3) is 3.85. The Hall–Kier alpha value is -3.23. The van der Waals surface area contributed by atoms with Crippen LogP contribution in [0, 0.1) is 17.2 Å². The van der Waals surface area contributed by atoms with Crippen LogP contribution in [-0.2, 0) is 6.54 Å². The van der Waals surface area contributed by atoms with Gasteiger partial charge in [0.05, 0.1) is 5.56 Å². The molecule has 3 aromatic heterocycles. The summed E-state index contributed by atoms with van der Waals surface area (Å²) in [4.78, 5) is 13.8. The number of nitriles is 1. The maximum absolute atomic E-state index is 9.41. The van der Waals surface area contributed by atoms with E-state index in [0.29, 0.717) is 51.3 Å². The monoisotopic (exact) mass is 409 g/mol. The van der Waals surface area contributed by atoms with Gasteiger partial charge in [-0.05, 0) is 18.5 Å². The van der Waals surface area contributed by atoms with Crippen LogP contribution in [0.3, 0.4) is 0 Å². The van der Waals surface area contributed by atoms with Crippen LogP contribution in [0.1, 0.15) is 19.4 Å². The van der Waals surface area contributed by atoms with Crippen LogP contribution in [0.5, 0.6) is 0 Å². The molecule has 1 aromatic carbocycles. The highest BCUT2D eigenvalue weighted by molar-refractivity contribution is 7.99. The summed E-state index contributed by atoms with van der Waals surface area (Å²) in [5, 5.41) is 20.9. The van der Waals surface area contributed by atoms with Crippen LogP contribution < -0.4 is 11.1 Å². The number of fused-ring (bicyclic) bond motifs is 2. The molecule has 29 heavy (non-hydrogen) atoms. The lowest BCUT2D eigenvalue weighted by Crippen LogP contribution is -2.24. The highest BCUT2D eigenvalue weighted by Gasteiger charge is 2.17. The molecule has 0 aliphatic carbocycles. The summed E-state index contributed by atoms with van der Waals surface area (Å²) in [7, 11) is 0. The highest BCUT2D eigenvalue weighted by atomic mass is 32.2. The molecule has 4 rings (SSSR count). The number of nitrogen functional groups attached to an aromatic ring is 1. The zero-order valence-corrected chi connectivity index (χ0v) is 16.8. The van der Waals surface area contributed by atoms with Crippen LogP contribution in [0.4, 0.5) is 5.82 Å². The van der Waals surface area contributed by atoms with E-state index in [1.807, 2.05) is 4.57 Å². The van der Waals surface area contributed by atoms with Crippen molar-refractivity contribution in [3.63, 3.8) is 0 Å². The number of nitrogens with two attached hydrogens (primary N) is 1. The Morgan fingerprint density at radius 1 is 1.31 bits per heavy atom. The topological polar surface area (TPSA) is 144 Å². The van der Waals surface area contributed by atoms with E-state index in [4.69, 9.17) is 10.3 Å². The molecule has 0 saturated carbocycles. The summed E-state index contributed by atoms with van der Waals surface area (Å²) in [6.45, 7) is 6.67. The average Bonchev–Trinajstić information content (AvgIpc) is 3.30. The SMILES string of the molecule is CC(C)CNCCn1c(Sc2cc(C#N)c3nnoc3c2)nc2c(N)ncnc21. The average molecular weight is 409 g/mol. The number of benzene rings is 1. The summed E-state index contributed by atoms with van der Waals surface area (Å²) >= 11 is 1.39. The van der Waals surface area contributed by atoms with Crippen LogP contribution in [-0.4, -0.2) is 43.0 Å². The molecule has 0 bridgehead atoms. The lowest BCUT2D eigenvalue weighted by molar-refractivity contribution is 0.423. The van der Waals surface area contributed by atoms with Crippen LogP contribution in [0.2, 0.25) is 0 Å². The molecule has 0 saturated heterocycles. The highest BCUT2D eigenvalue weighted by Crippen LogP contribution is 2.33. The number of nitrogens with zero attached hydrogens (tertiary/aromatic N) is 7. The Bertz CT molecular complexity index is 1210. The van der Waals surface area contributed by atoms with Crippen molar-refractivity contribution < 1.29 is 4.52 Å². The fourth-order valence-electron chi connectivity index (χ4n) is 2.91. The van der Waals surface area contributed by atoms with Gasteiger partial charge in [0.15, 0.2) is 33.2 Å². The smallest absolute Gasteiger partial charge is 0.189 e. The maximum Gasteiger partial charge on any atom is 0.189 e. The van der Waals surface area contributed by atoms with Gasteiger partial charge in [0, 0.05) is 29.3 Å². The third-order valence-corrected chi connectivity index (χ3v) is 5.21. The lowest BCUT2D eigenvalue weighted by atomic mass is 10.2. The molecule has 0 radical (unpaired) electrons. The molecular formula is C18H19N9OS. The molecular weight excluding hydrogens is 390 g/mol. The fraction of sp³-hybridized carbons (Fsp3) is 0.333. The van der Waals surface area contributed by atoms with E-state index in [9.17, 15) is 5.26 Å². The number of rotatable bonds is 7. The van der Waals surface area contributed by atoms with E-state index in [1.165, 1.54) is 18.1 Å². The molecule has 0 unspecified atom stereocenters. The zero-order valence-electron chi connectivity index (χ0n) is 16.0. The predicted molar refractivity (Wildman–Crippen MR) is 108 cm³/mol. The Morgan fingerprint density at radius 2 is 2.17 bits per heavy atom. The number of aromatic nitrogens is 6. The molecule has 3 N–H and O–H groups in total. The quantitative estimate of drug-likeness (QED) is 0.436. The molecule has 11 heteroatoms. The van der Waals surface area contributed by atoms with E-state index in [0.717, 1.165) is 18.0 Å². The third-order valence-electron chi connectivity index (χ3n) is 4.25. The largest absolute Gasteiger partial charge is 0.382 e. The standard InChI is InChI=1S/C18H19N9OS/c1-10(2)8-21-3-4-27-17-15(16(20)22-9-23-17)24-18(27)29-12-5-11(7-19)14-13(6-12)28-26-25-14/h5-6,9-10,21H,3-4,8H2,1-2H3,(H2,20,22,23). The molecule has 4 aromatic rings. The van der Waals surface area contributed by atoms with Crippen molar-refractivity contribution in [2.75, 3.05) is 18.8 Å². The van der Waals surface area contributed by atoms with Crippen molar-refractivity contribution >= 4 is 39.8 Å². The summed E-state index contributed by atoms with van der Waals surface area (Å²) in [6.07, 6.45) is 1.44. The van der Waals surface area contributed by atoms with Gasteiger partial charge in [-0.15, -0.1) is 5.10 Å². The van der Waals surface area contributed by atoms with Gasteiger partial charge in [-0.25, -0.2) is 15.0 Å². The molecule has 0 fully saturated rings. The predicted octanol–water partition coefficient (Wildman–Crippen LogP) is 2.21. The normalized spacial score (nSPS) is 11.5. The molecule has 3 heterocycles. The van der Waals surface area contributed by atoms with Gasteiger partial charge in [0.25, 0.3) is 0 Å². The second-order valence-corrected chi connectivity index (χ2v) is 7.92. The van der Waals surface area contributed by atoms with Gasteiger partial charge >= 0.3 is 0 Å². The first kappa shape index (κ1) is 19.1. The van der Waals surface area contributed by atoms with Crippen LogP contribution in [0.25, 0.3) is 22.3 Å². The van der Waals surface area contributed by atoms with Gasteiger partial charge in [-0.1, -0.05) is 25.6 Å². The fourth-order valence-corrected chi connectivity index (χ4v) is 3.88. The first-order valence-corrected chi connectivity index (χ1v) is 9.90. The number of imidazole rings is 1. The summed E-state index contributed by atoms with van der Waals surface area (Å²) in [6, 6.07) is 5.66. The first-order chi connectivity index (χ1) is 14.1. The minimum absolute atomic E-state index is 0.332. The number of hydrogen-bond acceptors (Lipinski definition) is 10. The molecule has 10 nitrogen and oxygen atoms in total. The summed E-state index contributed by atoms with van der Waals surface area (Å²) < 4.78 is 7.14. The van der Waals surface area contributed by atoms with E-state index >= 15 is 0 Å². The molecule has 0 aliphatic rings. The van der Waals surface area contributed by atoms with Gasteiger partial charge < -0.3 is 20.1 Å². The summed E-state index contributed by atoms with van der Waals surface area (Å²) in [5.41, 5.74) is 8.53. The Labute approximate surface area is 170 Å². The van der Waals surface area contributed by atoms with Crippen molar-refractivity contribution in [1.29, 1.82) is 5.26 Å². The van der Waals surface area contributed by atoms with Crippen molar-refractivity contribution in [3.8, 4) is 6.07 Å². The molecule has 0 amide bonds. The first-order valence-electron chi connectivity index (χ1n) is 9.08. The number of hydrogen-bond donors (Lipinski definition) is 2. The van der Waals surface area contributed by atoms with E-state index in [2.05, 4.69) is 50.6 Å². The van der Waals surface area contributed by atoms with Gasteiger partial charge in [0.2, 0.25) is 0 Å². The molecule has 0 atom stereocenters. The van der Waals surface area contributed by atoms with Gasteiger partial charge in [-0.2, -0.15) is 5.26 Å².